The number of benzene rings is 1. The van der Waals surface area contributed by atoms with Gasteiger partial charge in [-0.2, -0.15) is 0 Å². The standard InChI is InChI=1S/C35H51N3O4S/c1-9-17-36(22-25-15-12-11-13-16-25)30(40)27-26-21-24(3)35(43-26)28(27)31(41)37(19-14-20-39)29(35)32(42)38(18-10-2)34(7,8)23-33(4,5)6/h9-13,15-16,24,26-29,39H,1-2,14,17-23H2,3-8H3/t24?,26-,27+,28+,29?,35?/m1/s1. The molecule has 0 aromatic heterocycles. The Morgan fingerprint density at radius 1 is 1.09 bits per heavy atom. The van der Waals surface area contributed by atoms with Crippen molar-refractivity contribution in [1.29, 1.82) is 0 Å². The molecule has 3 aliphatic heterocycles. The molecule has 0 radical (unpaired) electrons. The van der Waals surface area contributed by atoms with Crippen molar-refractivity contribution < 1.29 is 19.5 Å². The number of hydrogen-bond acceptors (Lipinski definition) is 5. The summed E-state index contributed by atoms with van der Waals surface area (Å²) in [6.07, 6.45) is 5.43. The van der Waals surface area contributed by atoms with Crippen LogP contribution in [0.3, 0.4) is 0 Å². The lowest BCUT2D eigenvalue weighted by Gasteiger charge is -2.47. The van der Waals surface area contributed by atoms with Crippen molar-refractivity contribution in [2.24, 2.45) is 23.2 Å². The number of likely N-dealkylation sites (tertiary alicyclic amines) is 1. The van der Waals surface area contributed by atoms with Gasteiger partial charge in [-0.15, -0.1) is 24.9 Å². The Morgan fingerprint density at radius 2 is 1.74 bits per heavy atom. The zero-order valence-corrected chi connectivity index (χ0v) is 27.7. The lowest BCUT2D eigenvalue weighted by Crippen LogP contribution is -2.61. The van der Waals surface area contributed by atoms with Crippen molar-refractivity contribution >= 4 is 29.5 Å². The summed E-state index contributed by atoms with van der Waals surface area (Å²) in [5.74, 6) is -1.28. The Bertz CT molecular complexity index is 1210. The van der Waals surface area contributed by atoms with Crippen molar-refractivity contribution in [1.82, 2.24) is 14.7 Å². The molecule has 1 N–H and O–H groups in total. The third-order valence-corrected chi connectivity index (χ3v) is 11.5. The fraction of sp³-hybridized carbons (Fsp3) is 0.629. The Labute approximate surface area is 262 Å². The van der Waals surface area contributed by atoms with Crippen LogP contribution in [0.5, 0.6) is 0 Å². The first-order valence-corrected chi connectivity index (χ1v) is 16.6. The molecule has 3 saturated heterocycles. The number of fused-ring (bicyclic) bond motifs is 1. The van der Waals surface area contributed by atoms with Gasteiger partial charge in [0.15, 0.2) is 0 Å². The molecule has 43 heavy (non-hydrogen) atoms. The summed E-state index contributed by atoms with van der Waals surface area (Å²) in [6.45, 7) is 22.1. The van der Waals surface area contributed by atoms with Crippen LogP contribution >= 0.6 is 11.8 Å². The first-order valence-electron chi connectivity index (χ1n) is 15.7. The molecule has 8 heteroatoms. The van der Waals surface area contributed by atoms with Crippen LogP contribution in [0.25, 0.3) is 0 Å². The van der Waals surface area contributed by atoms with Gasteiger partial charge in [0.2, 0.25) is 17.7 Å². The second-order valence-corrected chi connectivity index (χ2v) is 16.0. The van der Waals surface area contributed by atoms with Crippen LogP contribution in [0.4, 0.5) is 0 Å². The minimum atomic E-state index is -0.710. The summed E-state index contributed by atoms with van der Waals surface area (Å²) < 4.78 is -0.710. The van der Waals surface area contributed by atoms with E-state index in [1.54, 1.807) is 28.8 Å². The van der Waals surface area contributed by atoms with Gasteiger partial charge < -0.3 is 19.8 Å². The average molecular weight is 610 g/mol. The monoisotopic (exact) mass is 609 g/mol. The molecule has 0 saturated carbocycles. The Balaban J connectivity index is 1.76. The number of carbonyl (C=O) groups excluding carboxylic acids is 3. The van der Waals surface area contributed by atoms with Gasteiger partial charge in [0.25, 0.3) is 0 Å². The predicted molar refractivity (Wildman–Crippen MR) is 174 cm³/mol. The summed E-state index contributed by atoms with van der Waals surface area (Å²) in [5, 5.41) is 9.73. The minimum absolute atomic E-state index is 0.0230. The zero-order valence-electron chi connectivity index (χ0n) is 26.9. The summed E-state index contributed by atoms with van der Waals surface area (Å²) in [5.41, 5.74) is 0.512. The molecule has 236 valence electrons. The molecular formula is C35H51N3O4S. The van der Waals surface area contributed by atoms with E-state index in [1.807, 2.05) is 40.1 Å². The number of aliphatic hydroxyl groups is 1. The van der Waals surface area contributed by atoms with Crippen LogP contribution in [0.2, 0.25) is 0 Å². The second kappa shape index (κ2) is 12.8. The fourth-order valence-electron chi connectivity index (χ4n) is 8.27. The largest absolute Gasteiger partial charge is 0.396 e. The minimum Gasteiger partial charge on any atom is -0.396 e. The van der Waals surface area contributed by atoms with E-state index in [-0.39, 0.29) is 47.5 Å². The number of amides is 3. The van der Waals surface area contributed by atoms with Crippen LogP contribution in [-0.2, 0) is 20.9 Å². The smallest absolute Gasteiger partial charge is 0.247 e. The van der Waals surface area contributed by atoms with E-state index >= 15 is 0 Å². The van der Waals surface area contributed by atoms with Crippen molar-refractivity contribution in [3.63, 3.8) is 0 Å². The van der Waals surface area contributed by atoms with E-state index in [1.165, 1.54) is 0 Å². The zero-order chi connectivity index (χ0) is 31.7. The molecule has 0 aliphatic carbocycles. The molecular weight excluding hydrogens is 558 g/mol. The quantitative estimate of drug-likeness (QED) is 0.313. The first kappa shape index (κ1) is 33.3. The molecule has 3 heterocycles. The summed E-state index contributed by atoms with van der Waals surface area (Å²) in [7, 11) is 0. The topological polar surface area (TPSA) is 81.2 Å². The first-order chi connectivity index (χ1) is 20.2. The van der Waals surface area contributed by atoms with Crippen molar-refractivity contribution in [2.75, 3.05) is 26.2 Å². The van der Waals surface area contributed by atoms with Crippen molar-refractivity contribution in [3.8, 4) is 0 Å². The van der Waals surface area contributed by atoms with Crippen LogP contribution in [0.15, 0.2) is 55.6 Å². The Morgan fingerprint density at radius 3 is 2.33 bits per heavy atom. The molecule has 3 unspecified atom stereocenters. The van der Waals surface area contributed by atoms with E-state index in [0.29, 0.717) is 26.1 Å². The molecule has 4 rings (SSSR count). The molecule has 1 spiro atoms. The summed E-state index contributed by atoms with van der Waals surface area (Å²) >= 11 is 1.70. The van der Waals surface area contributed by atoms with Crippen molar-refractivity contribution in [2.45, 2.75) is 88.9 Å². The van der Waals surface area contributed by atoms with Crippen molar-refractivity contribution in [3.05, 3.63) is 61.2 Å². The molecule has 1 aromatic rings. The molecule has 7 nitrogen and oxygen atoms in total. The maximum absolute atomic E-state index is 14.9. The van der Waals surface area contributed by atoms with Gasteiger partial charge in [0.1, 0.15) is 6.04 Å². The lowest BCUT2D eigenvalue weighted by atomic mass is 9.65. The maximum Gasteiger partial charge on any atom is 0.247 e. The maximum atomic E-state index is 14.9. The van der Waals surface area contributed by atoms with E-state index < -0.39 is 28.2 Å². The van der Waals surface area contributed by atoms with Crippen LogP contribution in [-0.4, -0.2) is 85.3 Å². The lowest BCUT2D eigenvalue weighted by molar-refractivity contribution is -0.147. The van der Waals surface area contributed by atoms with Gasteiger partial charge in [0, 0.05) is 43.6 Å². The van der Waals surface area contributed by atoms with Gasteiger partial charge in [-0.25, -0.2) is 0 Å². The highest BCUT2D eigenvalue weighted by molar-refractivity contribution is 8.02. The van der Waals surface area contributed by atoms with Crippen LogP contribution in [0.1, 0.15) is 66.4 Å². The number of aliphatic hydroxyl groups excluding tert-OH is 1. The molecule has 2 bridgehead atoms. The van der Waals surface area contributed by atoms with Gasteiger partial charge in [-0.1, -0.05) is 70.2 Å². The third-order valence-electron chi connectivity index (χ3n) is 9.47. The summed E-state index contributed by atoms with van der Waals surface area (Å²) in [6, 6.07) is 9.17. The Hall–Kier alpha value is -2.58. The number of thioether (sulfide) groups is 1. The van der Waals surface area contributed by atoms with Crippen LogP contribution in [0, 0.1) is 23.2 Å². The van der Waals surface area contributed by atoms with E-state index in [2.05, 4.69) is 54.7 Å². The number of nitrogens with zero attached hydrogens (tertiary/aromatic N) is 3. The van der Waals surface area contributed by atoms with E-state index in [0.717, 1.165) is 18.4 Å². The highest BCUT2D eigenvalue weighted by Gasteiger charge is 2.76. The third kappa shape index (κ3) is 6.19. The normalized spacial score (nSPS) is 28.1. The molecule has 1 aromatic carbocycles. The van der Waals surface area contributed by atoms with Gasteiger partial charge >= 0.3 is 0 Å². The second-order valence-electron chi connectivity index (χ2n) is 14.4. The highest BCUT2D eigenvalue weighted by atomic mass is 32.2. The number of hydrogen-bond donors (Lipinski definition) is 1. The molecule has 6 atom stereocenters. The van der Waals surface area contributed by atoms with E-state index in [4.69, 9.17) is 0 Å². The molecule has 3 amide bonds. The predicted octanol–water partition coefficient (Wildman–Crippen LogP) is 5.15. The van der Waals surface area contributed by atoms with Gasteiger partial charge in [-0.3, -0.25) is 14.4 Å². The molecule has 3 fully saturated rings. The number of rotatable bonds is 13. The highest BCUT2D eigenvalue weighted by Crippen LogP contribution is 2.69. The fourth-order valence-corrected chi connectivity index (χ4v) is 10.7. The van der Waals surface area contributed by atoms with Crippen LogP contribution < -0.4 is 0 Å². The van der Waals surface area contributed by atoms with E-state index in [9.17, 15) is 19.5 Å². The molecule has 3 aliphatic rings. The van der Waals surface area contributed by atoms with Gasteiger partial charge in [-0.05, 0) is 50.0 Å². The number of carbonyl (C=O) groups is 3. The Kier molecular flexibility index (Phi) is 9.92. The van der Waals surface area contributed by atoms with Gasteiger partial charge in [0.05, 0.1) is 16.6 Å². The summed E-state index contributed by atoms with van der Waals surface area (Å²) in [4.78, 5) is 49.3. The average Bonchev–Trinajstić information content (AvgIpc) is 3.52. The SMILES string of the molecule is C=CCN(Cc1ccccc1)C(=O)[C@@H]1[C@H]2C(=O)N(CCCO)C(C(=O)N(CC=C)C(C)(C)CC(C)(C)C)C23S[C@@H]1CC3C.